The Morgan fingerprint density at radius 2 is 1.75 bits per heavy atom. The zero-order valence-electron chi connectivity index (χ0n) is 17.5. The quantitative estimate of drug-likeness (QED) is 0.535. The van der Waals surface area contributed by atoms with Gasteiger partial charge in [-0.05, 0) is 73.7 Å². The molecule has 1 saturated heterocycles. The molecule has 3 aromatic rings. The van der Waals surface area contributed by atoms with Crippen molar-refractivity contribution in [1.82, 2.24) is 14.7 Å². The first kappa shape index (κ1) is 22.8. The Morgan fingerprint density at radius 1 is 1.03 bits per heavy atom. The third-order valence-electron chi connectivity index (χ3n) is 6.22. The summed E-state index contributed by atoms with van der Waals surface area (Å²) in [6.45, 7) is 2.24. The van der Waals surface area contributed by atoms with Crippen molar-refractivity contribution < 1.29 is 18.3 Å². The van der Waals surface area contributed by atoms with Gasteiger partial charge in [0.15, 0.2) is 0 Å². The maximum Gasteiger partial charge on any atom is 0.416 e. The zero-order valence-corrected chi connectivity index (χ0v) is 18.3. The van der Waals surface area contributed by atoms with E-state index in [1.54, 1.807) is 10.7 Å². The van der Waals surface area contributed by atoms with E-state index in [0.29, 0.717) is 17.0 Å². The number of halogens is 4. The molecule has 1 N–H and O–H groups in total. The van der Waals surface area contributed by atoms with Crippen molar-refractivity contribution in [2.24, 2.45) is 5.41 Å². The monoisotopic (exact) mass is 463 g/mol. The Balaban J connectivity index is 1.37. The molecule has 1 aromatic heterocycles. The average molecular weight is 464 g/mol. The van der Waals surface area contributed by atoms with Crippen LogP contribution in [0, 0.1) is 5.41 Å². The highest BCUT2D eigenvalue weighted by Crippen LogP contribution is 2.37. The van der Waals surface area contributed by atoms with Gasteiger partial charge in [0.05, 0.1) is 17.4 Å². The molecule has 0 unspecified atom stereocenters. The molecule has 0 radical (unpaired) electrons. The fraction of sp³-hybridized carbons (Fsp3) is 0.375. The lowest BCUT2D eigenvalue weighted by atomic mass is 9.74. The molecule has 0 bridgehead atoms. The van der Waals surface area contributed by atoms with Gasteiger partial charge in [0.1, 0.15) is 0 Å². The van der Waals surface area contributed by atoms with Gasteiger partial charge in [-0.25, -0.2) is 4.68 Å². The predicted octanol–water partition coefficient (Wildman–Crippen LogP) is 5.36. The number of nitrogens with zero attached hydrogens (tertiary/aromatic N) is 3. The molecule has 170 valence electrons. The number of hydrogen-bond acceptors (Lipinski definition) is 3. The molecule has 0 spiro atoms. The number of aromatic nitrogens is 2. The maximum atomic E-state index is 13.0. The van der Waals surface area contributed by atoms with Crippen molar-refractivity contribution in [1.29, 1.82) is 0 Å². The topological polar surface area (TPSA) is 41.3 Å². The van der Waals surface area contributed by atoms with Crippen LogP contribution in [0.4, 0.5) is 13.2 Å². The van der Waals surface area contributed by atoms with Crippen LogP contribution in [0.25, 0.3) is 5.69 Å². The largest absolute Gasteiger partial charge is 0.416 e. The average Bonchev–Trinajstić information content (AvgIpc) is 3.24. The van der Waals surface area contributed by atoms with Crippen LogP contribution in [-0.2, 0) is 19.1 Å². The Labute approximate surface area is 190 Å². The number of piperidine rings is 1. The van der Waals surface area contributed by atoms with E-state index in [-0.39, 0.29) is 6.61 Å². The van der Waals surface area contributed by atoms with Crippen LogP contribution in [0.3, 0.4) is 0 Å². The summed E-state index contributed by atoms with van der Waals surface area (Å²) in [5.74, 6) is 0. The second kappa shape index (κ2) is 9.25. The molecule has 4 nitrogen and oxygen atoms in total. The Hall–Kier alpha value is -2.35. The molecule has 8 heteroatoms. The van der Waals surface area contributed by atoms with E-state index in [9.17, 15) is 18.3 Å². The minimum Gasteiger partial charge on any atom is -0.396 e. The lowest BCUT2D eigenvalue weighted by molar-refractivity contribution is -0.137. The van der Waals surface area contributed by atoms with E-state index in [0.717, 1.165) is 49.8 Å². The highest BCUT2D eigenvalue weighted by atomic mass is 35.5. The first-order chi connectivity index (χ1) is 15.3. The minimum absolute atomic E-state index is 0.0361. The van der Waals surface area contributed by atoms with Crippen molar-refractivity contribution in [2.45, 2.75) is 32.0 Å². The molecular formula is C24H25ClF3N3O. The first-order valence-corrected chi connectivity index (χ1v) is 10.9. The Kier molecular flexibility index (Phi) is 6.60. The van der Waals surface area contributed by atoms with Gasteiger partial charge >= 0.3 is 6.18 Å². The number of alkyl halides is 3. The van der Waals surface area contributed by atoms with Crippen molar-refractivity contribution in [3.8, 4) is 5.69 Å². The number of aliphatic hydroxyl groups excluding tert-OH is 1. The molecule has 2 heterocycles. The summed E-state index contributed by atoms with van der Waals surface area (Å²) in [7, 11) is 0. The molecule has 4 rings (SSSR count). The molecule has 1 aliphatic heterocycles. The summed E-state index contributed by atoms with van der Waals surface area (Å²) in [6, 6.07) is 12.9. The molecule has 0 atom stereocenters. The van der Waals surface area contributed by atoms with Gasteiger partial charge in [-0.3, -0.25) is 4.90 Å². The second-order valence-electron chi connectivity index (χ2n) is 8.58. The lowest BCUT2D eigenvalue weighted by Gasteiger charge is -2.41. The third-order valence-corrected chi connectivity index (χ3v) is 6.47. The third kappa shape index (κ3) is 5.34. The fourth-order valence-corrected chi connectivity index (χ4v) is 4.43. The van der Waals surface area contributed by atoms with Crippen LogP contribution in [0.15, 0.2) is 60.9 Å². The van der Waals surface area contributed by atoms with Crippen LogP contribution in [-0.4, -0.2) is 39.5 Å². The van der Waals surface area contributed by atoms with Crippen molar-refractivity contribution >= 4 is 11.6 Å². The fourth-order valence-electron chi connectivity index (χ4n) is 4.30. The molecule has 1 fully saturated rings. The van der Waals surface area contributed by atoms with E-state index in [2.05, 4.69) is 10.00 Å². The first-order valence-electron chi connectivity index (χ1n) is 10.6. The molecule has 0 amide bonds. The molecule has 1 aliphatic rings. The highest BCUT2D eigenvalue weighted by Gasteiger charge is 2.35. The Bertz CT molecular complexity index is 1040. The minimum atomic E-state index is -4.36. The SMILES string of the molecule is OCC1(Cc2cccc(C(F)(F)F)c2)CCN(Cc2cnn(-c3ccc(Cl)cc3)c2)CC1. The summed E-state index contributed by atoms with van der Waals surface area (Å²) in [5, 5.41) is 15.2. The van der Waals surface area contributed by atoms with Crippen LogP contribution in [0.1, 0.15) is 29.5 Å². The summed E-state index contributed by atoms with van der Waals surface area (Å²) < 4.78 is 40.9. The molecular weight excluding hydrogens is 439 g/mol. The van der Waals surface area contributed by atoms with E-state index in [4.69, 9.17) is 11.6 Å². The molecule has 2 aromatic carbocycles. The van der Waals surface area contributed by atoms with Crippen molar-refractivity contribution in [3.63, 3.8) is 0 Å². The van der Waals surface area contributed by atoms with Gasteiger partial charge in [0, 0.05) is 29.9 Å². The predicted molar refractivity (Wildman–Crippen MR) is 118 cm³/mol. The van der Waals surface area contributed by atoms with E-state index in [1.807, 2.05) is 36.7 Å². The summed E-state index contributed by atoms with van der Waals surface area (Å²) in [4.78, 5) is 2.29. The number of likely N-dealkylation sites (tertiary alicyclic amines) is 1. The second-order valence-corrected chi connectivity index (χ2v) is 9.02. The van der Waals surface area contributed by atoms with Crippen molar-refractivity contribution in [3.05, 3.63) is 82.6 Å². The molecule has 32 heavy (non-hydrogen) atoms. The standard InChI is InChI=1S/C24H25ClF3N3O/c25-21-4-6-22(7-5-21)31-16-19(14-29-31)15-30-10-8-23(17-32,9-11-30)13-18-2-1-3-20(12-18)24(26,27)28/h1-7,12,14,16,32H,8-11,13,15,17H2. The van der Waals surface area contributed by atoms with Crippen LogP contribution < -0.4 is 0 Å². The summed E-state index contributed by atoms with van der Waals surface area (Å²) in [5.41, 5.74) is 1.59. The van der Waals surface area contributed by atoms with Gasteiger partial charge in [-0.1, -0.05) is 29.8 Å². The maximum absolute atomic E-state index is 13.0. The van der Waals surface area contributed by atoms with Crippen LogP contribution in [0.2, 0.25) is 5.02 Å². The van der Waals surface area contributed by atoms with Crippen LogP contribution in [0.5, 0.6) is 0 Å². The molecule has 0 saturated carbocycles. The number of aliphatic hydroxyl groups is 1. The summed E-state index contributed by atoms with van der Waals surface area (Å²) in [6.07, 6.45) is 1.36. The normalized spacial score (nSPS) is 16.9. The lowest BCUT2D eigenvalue weighted by Crippen LogP contribution is -2.42. The Morgan fingerprint density at radius 3 is 2.41 bits per heavy atom. The van der Waals surface area contributed by atoms with Gasteiger partial charge in [-0.2, -0.15) is 18.3 Å². The zero-order chi connectivity index (χ0) is 22.8. The van der Waals surface area contributed by atoms with Crippen LogP contribution >= 0.6 is 11.6 Å². The molecule has 0 aliphatic carbocycles. The van der Waals surface area contributed by atoms with Gasteiger partial charge in [0.2, 0.25) is 0 Å². The number of hydrogen-bond donors (Lipinski definition) is 1. The van der Waals surface area contributed by atoms with E-state index >= 15 is 0 Å². The smallest absolute Gasteiger partial charge is 0.396 e. The van der Waals surface area contributed by atoms with E-state index in [1.165, 1.54) is 12.1 Å². The van der Waals surface area contributed by atoms with Crippen molar-refractivity contribution in [2.75, 3.05) is 19.7 Å². The van der Waals surface area contributed by atoms with Gasteiger partial charge < -0.3 is 5.11 Å². The van der Waals surface area contributed by atoms with Gasteiger partial charge in [-0.15, -0.1) is 0 Å². The number of benzene rings is 2. The summed E-state index contributed by atoms with van der Waals surface area (Å²) >= 11 is 5.94. The number of rotatable bonds is 6. The highest BCUT2D eigenvalue weighted by molar-refractivity contribution is 6.30. The van der Waals surface area contributed by atoms with Gasteiger partial charge in [0.25, 0.3) is 0 Å². The van der Waals surface area contributed by atoms with E-state index < -0.39 is 17.2 Å².